The number of nitrogens with one attached hydrogen (secondary N) is 1. The molecule has 138 valence electrons. The molecule has 1 heterocycles. The van der Waals surface area contributed by atoms with Gasteiger partial charge in [-0.1, -0.05) is 24.3 Å². The molecule has 26 heavy (non-hydrogen) atoms. The first-order valence-electron chi connectivity index (χ1n) is 8.76. The first kappa shape index (κ1) is 19.1. The lowest BCUT2D eigenvalue weighted by atomic mass is 10.1. The smallest absolute Gasteiger partial charge is 0.238 e. The maximum absolute atomic E-state index is 12.3. The van der Waals surface area contributed by atoms with Crippen LogP contribution in [0, 0.1) is 3.57 Å². The van der Waals surface area contributed by atoms with Crippen molar-refractivity contribution in [3.63, 3.8) is 0 Å². The summed E-state index contributed by atoms with van der Waals surface area (Å²) in [6, 6.07) is 16.2. The molecule has 1 aliphatic rings. The summed E-state index contributed by atoms with van der Waals surface area (Å²) in [6.45, 7) is 4.43. The highest BCUT2D eigenvalue weighted by Crippen LogP contribution is 2.22. The molecule has 0 saturated carbocycles. The predicted molar refractivity (Wildman–Crippen MR) is 114 cm³/mol. The van der Waals surface area contributed by atoms with Crippen molar-refractivity contribution in [1.29, 1.82) is 0 Å². The molecule has 2 aromatic carbocycles. The summed E-state index contributed by atoms with van der Waals surface area (Å²) in [7, 11) is 1.98. The SMILES string of the molecule is CN(CC(=O)Nc1cccc(I)c1)Cc1ccccc1N1CCOCC1. The second kappa shape index (κ2) is 9.34. The molecule has 1 fully saturated rings. The molecule has 1 aliphatic heterocycles. The molecule has 5 nitrogen and oxygen atoms in total. The van der Waals surface area contributed by atoms with Crippen LogP contribution < -0.4 is 10.2 Å². The van der Waals surface area contributed by atoms with Crippen LogP contribution in [0.5, 0.6) is 0 Å². The number of amides is 1. The van der Waals surface area contributed by atoms with Gasteiger partial charge in [0, 0.05) is 34.6 Å². The number of morpholine rings is 1. The van der Waals surface area contributed by atoms with Crippen molar-refractivity contribution in [3.05, 3.63) is 57.7 Å². The third kappa shape index (κ3) is 5.43. The largest absolute Gasteiger partial charge is 0.378 e. The number of carbonyl (C=O) groups excluding carboxylic acids is 1. The zero-order valence-corrected chi connectivity index (χ0v) is 17.1. The fraction of sp³-hybridized carbons (Fsp3) is 0.350. The molecule has 6 heteroatoms. The van der Waals surface area contributed by atoms with E-state index in [9.17, 15) is 4.79 Å². The Balaban J connectivity index is 1.59. The highest BCUT2D eigenvalue weighted by atomic mass is 127. The molecular weight excluding hydrogens is 441 g/mol. The first-order valence-corrected chi connectivity index (χ1v) is 9.84. The fourth-order valence-electron chi connectivity index (χ4n) is 3.12. The molecule has 0 spiro atoms. The van der Waals surface area contributed by atoms with Gasteiger partial charge in [0.25, 0.3) is 0 Å². The zero-order chi connectivity index (χ0) is 18.4. The van der Waals surface area contributed by atoms with Gasteiger partial charge < -0.3 is 15.0 Å². The highest BCUT2D eigenvalue weighted by molar-refractivity contribution is 14.1. The van der Waals surface area contributed by atoms with Crippen LogP contribution in [0.2, 0.25) is 0 Å². The number of nitrogens with zero attached hydrogens (tertiary/aromatic N) is 2. The van der Waals surface area contributed by atoms with E-state index in [-0.39, 0.29) is 5.91 Å². The Morgan fingerprint density at radius 1 is 1.19 bits per heavy atom. The van der Waals surface area contributed by atoms with Crippen molar-refractivity contribution in [2.24, 2.45) is 0 Å². The van der Waals surface area contributed by atoms with Crippen molar-refractivity contribution in [2.45, 2.75) is 6.54 Å². The molecule has 1 N–H and O–H groups in total. The molecule has 3 rings (SSSR count). The number of carbonyl (C=O) groups is 1. The zero-order valence-electron chi connectivity index (χ0n) is 15.0. The molecule has 1 amide bonds. The maximum Gasteiger partial charge on any atom is 0.238 e. The van der Waals surface area contributed by atoms with E-state index in [1.165, 1.54) is 11.3 Å². The van der Waals surface area contributed by atoms with Gasteiger partial charge in [-0.25, -0.2) is 0 Å². The van der Waals surface area contributed by atoms with Crippen LogP contribution in [0.3, 0.4) is 0 Å². The molecular formula is C20H24IN3O2. The van der Waals surface area contributed by atoms with E-state index < -0.39 is 0 Å². The summed E-state index contributed by atoms with van der Waals surface area (Å²) in [5.41, 5.74) is 3.31. The van der Waals surface area contributed by atoms with Crippen LogP contribution in [-0.4, -0.2) is 50.7 Å². The minimum atomic E-state index is -0.00152. The molecule has 0 unspecified atom stereocenters. The molecule has 0 aliphatic carbocycles. The molecule has 1 saturated heterocycles. The lowest BCUT2D eigenvalue weighted by molar-refractivity contribution is -0.117. The second-order valence-corrected chi connectivity index (χ2v) is 7.70. The Morgan fingerprint density at radius 2 is 1.96 bits per heavy atom. The van der Waals surface area contributed by atoms with E-state index in [2.05, 4.69) is 57.1 Å². The highest BCUT2D eigenvalue weighted by Gasteiger charge is 2.16. The van der Waals surface area contributed by atoms with E-state index in [0.29, 0.717) is 6.54 Å². The quantitative estimate of drug-likeness (QED) is 0.666. The Kier molecular flexibility index (Phi) is 6.87. The van der Waals surface area contributed by atoms with Crippen molar-refractivity contribution >= 4 is 39.9 Å². The van der Waals surface area contributed by atoms with Crippen molar-refractivity contribution < 1.29 is 9.53 Å². The van der Waals surface area contributed by atoms with Gasteiger partial charge >= 0.3 is 0 Å². The van der Waals surface area contributed by atoms with Crippen LogP contribution in [0.4, 0.5) is 11.4 Å². The van der Waals surface area contributed by atoms with Crippen LogP contribution >= 0.6 is 22.6 Å². The van der Waals surface area contributed by atoms with Crippen LogP contribution in [0.25, 0.3) is 0 Å². The van der Waals surface area contributed by atoms with Gasteiger partial charge in [-0.2, -0.15) is 0 Å². The van der Waals surface area contributed by atoms with E-state index in [4.69, 9.17) is 4.74 Å². The average molecular weight is 465 g/mol. The van der Waals surface area contributed by atoms with Gasteiger partial charge in [0.1, 0.15) is 0 Å². The summed E-state index contributed by atoms with van der Waals surface area (Å²) in [5, 5.41) is 2.97. The first-order chi connectivity index (χ1) is 12.6. The monoisotopic (exact) mass is 465 g/mol. The van der Waals surface area contributed by atoms with Gasteiger partial charge in [0.15, 0.2) is 0 Å². The van der Waals surface area contributed by atoms with E-state index >= 15 is 0 Å². The van der Waals surface area contributed by atoms with Gasteiger partial charge in [-0.05, 0) is 59.5 Å². The number of ether oxygens (including phenoxy) is 1. The van der Waals surface area contributed by atoms with Crippen LogP contribution in [0.1, 0.15) is 5.56 Å². The number of likely N-dealkylation sites (N-methyl/N-ethyl adjacent to an activating group) is 1. The van der Waals surface area contributed by atoms with E-state index in [1.807, 2.05) is 36.2 Å². The Hall–Kier alpha value is -1.64. The Morgan fingerprint density at radius 3 is 2.73 bits per heavy atom. The second-order valence-electron chi connectivity index (χ2n) is 6.46. The number of benzene rings is 2. The standard InChI is InChI=1S/C20H24IN3O2/c1-23(15-20(25)22-18-7-4-6-17(21)13-18)14-16-5-2-3-8-19(16)24-9-11-26-12-10-24/h2-8,13H,9-12,14-15H2,1H3,(H,22,25). The number of halogens is 1. The van der Waals surface area contributed by atoms with Crippen LogP contribution in [-0.2, 0) is 16.1 Å². The average Bonchev–Trinajstić information content (AvgIpc) is 2.62. The molecule has 0 aromatic heterocycles. The lowest BCUT2D eigenvalue weighted by Crippen LogP contribution is -2.37. The van der Waals surface area contributed by atoms with Gasteiger partial charge in [0.05, 0.1) is 19.8 Å². The predicted octanol–water partition coefficient (Wildman–Crippen LogP) is 3.20. The molecule has 0 atom stereocenters. The maximum atomic E-state index is 12.3. The van der Waals surface area contributed by atoms with Gasteiger partial charge in [-0.15, -0.1) is 0 Å². The summed E-state index contributed by atoms with van der Waals surface area (Å²) in [4.78, 5) is 16.7. The van der Waals surface area contributed by atoms with Crippen molar-refractivity contribution in [2.75, 3.05) is 50.1 Å². The number of hydrogen-bond donors (Lipinski definition) is 1. The number of hydrogen-bond acceptors (Lipinski definition) is 4. The number of anilines is 2. The number of para-hydroxylation sites is 1. The molecule has 2 aromatic rings. The van der Waals surface area contributed by atoms with E-state index in [0.717, 1.165) is 42.1 Å². The molecule has 0 radical (unpaired) electrons. The normalized spacial score (nSPS) is 14.5. The Bertz CT molecular complexity index is 747. The number of rotatable bonds is 6. The summed E-state index contributed by atoms with van der Waals surface area (Å²) in [6.07, 6.45) is 0. The minimum Gasteiger partial charge on any atom is -0.378 e. The van der Waals surface area contributed by atoms with Crippen LogP contribution in [0.15, 0.2) is 48.5 Å². The topological polar surface area (TPSA) is 44.8 Å². The van der Waals surface area contributed by atoms with E-state index in [1.54, 1.807) is 0 Å². The van der Waals surface area contributed by atoms with Gasteiger partial charge in [0.2, 0.25) is 5.91 Å². The minimum absolute atomic E-state index is 0.00152. The summed E-state index contributed by atoms with van der Waals surface area (Å²) < 4.78 is 6.56. The van der Waals surface area contributed by atoms with Crippen molar-refractivity contribution in [3.8, 4) is 0 Å². The van der Waals surface area contributed by atoms with Crippen molar-refractivity contribution in [1.82, 2.24) is 4.90 Å². The Labute approximate surface area is 168 Å². The lowest BCUT2D eigenvalue weighted by Gasteiger charge is -2.31. The summed E-state index contributed by atoms with van der Waals surface area (Å²) in [5.74, 6) is -0.00152. The summed E-state index contributed by atoms with van der Waals surface area (Å²) >= 11 is 2.24. The van der Waals surface area contributed by atoms with Gasteiger partial charge in [-0.3, -0.25) is 9.69 Å². The third-order valence-electron chi connectivity index (χ3n) is 4.31. The molecule has 0 bridgehead atoms. The fourth-order valence-corrected chi connectivity index (χ4v) is 3.66. The third-order valence-corrected chi connectivity index (χ3v) is 4.98.